The maximum absolute atomic E-state index is 6.30. The van der Waals surface area contributed by atoms with Gasteiger partial charge in [-0.15, -0.1) is 12.4 Å². The molecule has 0 saturated heterocycles. The molecule has 2 N–H and O–H groups in total. The van der Waals surface area contributed by atoms with Crippen LogP contribution < -0.4 is 5.73 Å². The topological polar surface area (TPSA) is 26.0 Å². The molecule has 1 atom stereocenters. The molecule has 0 bridgehead atoms. The largest absolute Gasteiger partial charge is 0.324 e. The number of fused-ring (bicyclic) bond motifs is 1. The van der Waals surface area contributed by atoms with Gasteiger partial charge in [-0.3, -0.25) is 0 Å². The summed E-state index contributed by atoms with van der Waals surface area (Å²) in [5, 5.41) is 2.65. The first kappa shape index (κ1) is 15.0. The predicted octanol–water partition coefficient (Wildman–Crippen LogP) is 4.76. The van der Waals surface area contributed by atoms with Crippen molar-refractivity contribution in [3.63, 3.8) is 0 Å². The van der Waals surface area contributed by atoms with Crippen molar-refractivity contribution in [1.82, 2.24) is 0 Å². The summed E-state index contributed by atoms with van der Waals surface area (Å²) in [4.78, 5) is 0. The molecule has 2 heteroatoms. The fourth-order valence-corrected chi connectivity index (χ4v) is 2.38. The SMILES string of the molecule is CCCC[C@H](N)c1ccc(C)c2ccccc12.Cl. The van der Waals surface area contributed by atoms with E-state index in [1.54, 1.807) is 0 Å². The normalized spacial score (nSPS) is 12.2. The minimum absolute atomic E-state index is 0. The van der Waals surface area contributed by atoms with Crippen molar-refractivity contribution in [2.45, 2.75) is 39.2 Å². The molecular weight excluding hydrogens is 242 g/mol. The molecule has 2 aromatic rings. The fourth-order valence-electron chi connectivity index (χ4n) is 2.38. The molecule has 2 rings (SSSR count). The highest BCUT2D eigenvalue weighted by Gasteiger charge is 2.10. The Morgan fingerprint density at radius 1 is 1.06 bits per heavy atom. The summed E-state index contributed by atoms with van der Waals surface area (Å²) in [7, 11) is 0. The Bertz CT molecular complexity index is 507. The van der Waals surface area contributed by atoms with Crippen LogP contribution in [0.2, 0.25) is 0 Å². The molecule has 0 aliphatic rings. The number of unbranched alkanes of at least 4 members (excludes halogenated alkanes) is 1. The van der Waals surface area contributed by atoms with E-state index in [1.165, 1.54) is 34.7 Å². The third kappa shape index (κ3) is 3.04. The lowest BCUT2D eigenvalue weighted by atomic mass is 9.94. The van der Waals surface area contributed by atoms with Crippen LogP contribution in [0.1, 0.15) is 43.4 Å². The van der Waals surface area contributed by atoms with Crippen LogP contribution in [0.3, 0.4) is 0 Å². The van der Waals surface area contributed by atoms with Gasteiger partial charge >= 0.3 is 0 Å². The van der Waals surface area contributed by atoms with Crippen LogP contribution in [0, 0.1) is 6.92 Å². The van der Waals surface area contributed by atoms with E-state index in [-0.39, 0.29) is 18.4 Å². The first-order valence-corrected chi connectivity index (χ1v) is 6.48. The summed E-state index contributed by atoms with van der Waals surface area (Å²) in [6.07, 6.45) is 3.48. The van der Waals surface area contributed by atoms with Gasteiger partial charge in [0.25, 0.3) is 0 Å². The number of hydrogen-bond acceptors (Lipinski definition) is 1. The third-order valence-electron chi connectivity index (χ3n) is 3.44. The van der Waals surface area contributed by atoms with Crippen LogP contribution in [0.5, 0.6) is 0 Å². The first-order chi connectivity index (χ1) is 8.24. The van der Waals surface area contributed by atoms with Crippen molar-refractivity contribution >= 4 is 23.2 Å². The van der Waals surface area contributed by atoms with E-state index in [0.29, 0.717) is 0 Å². The Hall–Kier alpha value is -1.05. The molecule has 0 aliphatic heterocycles. The molecule has 0 saturated carbocycles. The Balaban J connectivity index is 0.00000162. The second-order valence-electron chi connectivity index (χ2n) is 4.77. The lowest BCUT2D eigenvalue weighted by Crippen LogP contribution is -2.10. The highest BCUT2D eigenvalue weighted by atomic mass is 35.5. The van der Waals surface area contributed by atoms with Crippen LogP contribution in [-0.4, -0.2) is 0 Å². The molecule has 0 spiro atoms. The second-order valence-corrected chi connectivity index (χ2v) is 4.77. The first-order valence-electron chi connectivity index (χ1n) is 6.48. The van der Waals surface area contributed by atoms with E-state index in [2.05, 4.69) is 50.2 Å². The van der Waals surface area contributed by atoms with Crippen LogP contribution in [-0.2, 0) is 0 Å². The minimum atomic E-state index is 0. The molecule has 0 heterocycles. The number of nitrogens with two attached hydrogens (primary N) is 1. The zero-order valence-corrected chi connectivity index (χ0v) is 12.0. The van der Waals surface area contributed by atoms with Crippen LogP contribution >= 0.6 is 12.4 Å². The van der Waals surface area contributed by atoms with Crippen molar-refractivity contribution in [2.75, 3.05) is 0 Å². The van der Waals surface area contributed by atoms with E-state index in [4.69, 9.17) is 5.73 Å². The molecule has 0 unspecified atom stereocenters. The van der Waals surface area contributed by atoms with Crippen molar-refractivity contribution in [1.29, 1.82) is 0 Å². The number of rotatable bonds is 4. The summed E-state index contributed by atoms with van der Waals surface area (Å²) >= 11 is 0. The van der Waals surface area contributed by atoms with Gasteiger partial charge in [-0.25, -0.2) is 0 Å². The van der Waals surface area contributed by atoms with E-state index in [1.807, 2.05) is 0 Å². The number of hydrogen-bond donors (Lipinski definition) is 1. The average molecular weight is 264 g/mol. The zero-order chi connectivity index (χ0) is 12.3. The van der Waals surface area contributed by atoms with E-state index in [9.17, 15) is 0 Å². The van der Waals surface area contributed by atoms with E-state index >= 15 is 0 Å². The fraction of sp³-hybridized carbons (Fsp3) is 0.375. The van der Waals surface area contributed by atoms with Gasteiger partial charge in [0.1, 0.15) is 0 Å². The van der Waals surface area contributed by atoms with Gasteiger partial charge in [-0.1, -0.05) is 56.2 Å². The molecule has 1 nitrogen and oxygen atoms in total. The van der Waals surface area contributed by atoms with E-state index in [0.717, 1.165) is 6.42 Å². The molecule has 0 aliphatic carbocycles. The van der Waals surface area contributed by atoms with Gasteiger partial charge in [0, 0.05) is 6.04 Å². The van der Waals surface area contributed by atoms with Crippen molar-refractivity contribution in [3.05, 3.63) is 47.5 Å². The predicted molar refractivity (Wildman–Crippen MR) is 82.4 cm³/mol. The lowest BCUT2D eigenvalue weighted by Gasteiger charge is -2.15. The molecule has 0 fully saturated rings. The summed E-state index contributed by atoms with van der Waals surface area (Å²) in [5.74, 6) is 0. The number of aryl methyl sites for hydroxylation is 1. The van der Waals surface area contributed by atoms with Crippen LogP contribution in [0.4, 0.5) is 0 Å². The molecule has 0 amide bonds. The van der Waals surface area contributed by atoms with Gasteiger partial charge in [0.05, 0.1) is 0 Å². The monoisotopic (exact) mass is 263 g/mol. The van der Waals surface area contributed by atoms with Gasteiger partial charge in [-0.2, -0.15) is 0 Å². The Kier molecular flexibility index (Phi) is 5.64. The minimum Gasteiger partial charge on any atom is -0.324 e. The number of benzene rings is 2. The summed E-state index contributed by atoms with van der Waals surface area (Å²) < 4.78 is 0. The smallest absolute Gasteiger partial charge is 0.0301 e. The molecule has 2 aromatic carbocycles. The van der Waals surface area contributed by atoms with Gasteiger partial charge in [-0.05, 0) is 35.2 Å². The Morgan fingerprint density at radius 3 is 2.39 bits per heavy atom. The van der Waals surface area contributed by atoms with E-state index < -0.39 is 0 Å². The second kappa shape index (κ2) is 6.77. The molecule has 18 heavy (non-hydrogen) atoms. The van der Waals surface area contributed by atoms with Crippen molar-refractivity contribution in [3.8, 4) is 0 Å². The third-order valence-corrected chi connectivity index (χ3v) is 3.44. The average Bonchev–Trinajstić information content (AvgIpc) is 2.37. The molecule has 98 valence electrons. The number of halogens is 1. The zero-order valence-electron chi connectivity index (χ0n) is 11.1. The lowest BCUT2D eigenvalue weighted by molar-refractivity contribution is 0.606. The molecular formula is C16H22ClN. The van der Waals surface area contributed by atoms with Crippen LogP contribution in [0.25, 0.3) is 10.8 Å². The summed E-state index contributed by atoms with van der Waals surface area (Å²) in [6.45, 7) is 4.36. The van der Waals surface area contributed by atoms with Gasteiger partial charge < -0.3 is 5.73 Å². The maximum Gasteiger partial charge on any atom is 0.0301 e. The van der Waals surface area contributed by atoms with Crippen LogP contribution in [0.15, 0.2) is 36.4 Å². The van der Waals surface area contributed by atoms with Crippen molar-refractivity contribution < 1.29 is 0 Å². The highest BCUT2D eigenvalue weighted by Crippen LogP contribution is 2.28. The Morgan fingerprint density at radius 2 is 1.72 bits per heavy atom. The molecule has 0 aromatic heterocycles. The summed E-state index contributed by atoms with van der Waals surface area (Å²) in [5.41, 5.74) is 8.91. The highest BCUT2D eigenvalue weighted by molar-refractivity contribution is 5.88. The van der Waals surface area contributed by atoms with Crippen molar-refractivity contribution in [2.24, 2.45) is 5.73 Å². The molecule has 0 radical (unpaired) electrons. The summed E-state index contributed by atoms with van der Waals surface area (Å²) in [6, 6.07) is 13.1. The van der Waals surface area contributed by atoms with Gasteiger partial charge in [0.2, 0.25) is 0 Å². The quantitative estimate of drug-likeness (QED) is 0.846. The standard InChI is InChI=1S/C16H21N.ClH/c1-3-4-9-16(17)15-11-10-12(2)13-7-5-6-8-14(13)15;/h5-8,10-11,16H,3-4,9,17H2,1-2H3;1H/t16-;/m0./s1. The van der Waals surface area contributed by atoms with Gasteiger partial charge in [0.15, 0.2) is 0 Å². The maximum atomic E-state index is 6.30. The Labute approximate surface area is 116 Å².